The molecule has 2 aliphatic heterocycles. The van der Waals surface area contributed by atoms with Crippen LogP contribution in [0, 0.1) is 5.82 Å². The minimum absolute atomic E-state index is 0.0783. The molecule has 3 heterocycles. The van der Waals surface area contributed by atoms with Gasteiger partial charge in [0.1, 0.15) is 17.7 Å². The smallest absolute Gasteiger partial charge is 0.271 e. The number of nitrogens with zero attached hydrogens (tertiary/aromatic N) is 3. The van der Waals surface area contributed by atoms with Crippen LogP contribution in [0.2, 0.25) is 10.0 Å². The molecular weight excluding hydrogens is 425 g/mol. The molecule has 2 aromatic rings. The maximum atomic E-state index is 13.7. The maximum Gasteiger partial charge on any atom is 0.271 e. The SMILES string of the molecule is CN1C[C@H](F)C[C@@H]1C(=O)N1CCN(C(=O)c2[nH]c3ccc(F)c(Cl)c3c2Cl)CC1. The number of alkyl halides is 1. The second-order valence-corrected chi connectivity index (χ2v) is 8.26. The van der Waals surface area contributed by atoms with Crippen LogP contribution in [0.1, 0.15) is 16.9 Å². The first-order valence-corrected chi connectivity index (χ1v) is 10.1. The number of halogens is 4. The molecule has 156 valence electrons. The van der Waals surface area contributed by atoms with E-state index in [9.17, 15) is 18.4 Å². The van der Waals surface area contributed by atoms with E-state index in [0.29, 0.717) is 31.7 Å². The standard InChI is InChI=1S/C19H20Cl2F2N4O2/c1-25-9-10(22)8-13(25)18(28)26-4-6-27(7-5-26)19(29)17-16(21)14-12(24-17)3-2-11(23)15(14)20/h2-3,10,13,24H,4-9H2,1H3/t10-,13-/m1/s1. The number of likely N-dealkylation sites (N-methyl/N-ethyl adjacent to an activating group) is 1. The molecule has 0 unspecified atom stereocenters. The Morgan fingerprint density at radius 1 is 1.10 bits per heavy atom. The second-order valence-electron chi connectivity index (χ2n) is 7.50. The summed E-state index contributed by atoms with van der Waals surface area (Å²) in [5.41, 5.74) is 0.619. The number of aromatic nitrogens is 1. The van der Waals surface area contributed by atoms with E-state index < -0.39 is 18.0 Å². The van der Waals surface area contributed by atoms with E-state index in [4.69, 9.17) is 23.2 Å². The Kier molecular flexibility index (Phi) is 5.44. The molecule has 2 aliphatic rings. The van der Waals surface area contributed by atoms with E-state index in [-0.39, 0.29) is 45.9 Å². The fraction of sp³-hybridized carbons (Fsp3) is 0.474. The highest BCUT2D eigenvalue weighted by molar-refractivity contribution is 6.44. The first kappa shape index (κ1) is 20.4. The lowest BCUT2D eigenvalue weighted by atomic mass is 10.1. The summed E-state index contributed by atoms with van der Waals surface area (Å²) in [4.78, 5) is 33.5. The highest BCUT2D eigenvalue weighted by atomic mass is 35.5. The van der Waals surface area contributed by atoms with Gasteiger partial charge in [0, 0.05) is 50.0 Å². The predicted molar refractivity (Wildman–Crippen MR) is 107 cm³/mol. The molecular formula is C19H20Cl2F2N4O2. The summed E-state index contributed by atoms with van der Waals surface area (Å²) in [7, 11) is 1.74. The second kappa shape index (κ2) is 7.74. The van der Waals surface area contributed by atoms with Crippen LogP contribution >= 0.6 is 23.2 Å². The number of benzene rings is 1. The molecule has 1 aromatic heterocycles. The largest absolute Gasteiger partial charge is 0.349 e. The number of piperazine rings is 1. The number of aromatic amines is 1. The fourth-order valence-corrected chi connectivity index (χ4v) is 4.69. The zero-order valence-corrected chi connectivity index (χ0v) is 17.2. The summed E-state index contributed by atoms with van der Waals surface area (Å²) in [6, 6.07) is 2.23. The van der Waals surface area contributed by atoms with Crippen molar-refractivity contribution in [3.05, 3.63) is 33.7 Å². The third kappa shape index (κ3) is 3.58. The summed E-state index contributed by atoms with van der Waals surface area (Å²) in [6.45, 7) is 1.64. The van der Waals surface area contributed by atoms with Gasteiger partial charge in [-0.1, -0.05) is 23.2 Å². The fourth-order valence-electron chi connectivity index (χ4n) is 4.06. The summed E-state index contributed by atoms with van der Waals surface area (Å²) in [6.07, 6.45) is -0.783. The Balaban J connectivity index is 1.46. The number of carbonyl (C=O) groups is 2. The van der Waals surface area contributed by atoms with Gasteiger partial charge in [-0.25, -0.2) is 8.78 Å². The molecule has 2 fully saturated rings. The monoisotopic (exact) mass is 444 g/mol. The van der Waals surface area contributed by atoms with E-state index in [1.165, 1.54) is 12.1 Å². The first-order valence-electron chi connectivity index (χ1n) is 9.35. The lowest BCUT2D eigenvalue weighted by Gasteiger charge is -2.36. The van der Waals surface area contributed by atoms with E-state index in [2.05, 4.69) is 4.98 Å². The minimum atomic E-state index is -0.988. The van der Waals surface area contributed by atoms with Crippen LogP contribution in [-0.4, -0.2) is 83.5 Å². The highest BCUT2D eigenvalue weighted by Gasteiger charge is 2.38. The molecule has 0 aliphatic carbocycles. The van der Waals surface area contributed by atoms with Crippen molar-refractivity contribution >= 4 is 45.9 Å². The van der Waals surface area contributed by atoms with E-state index in [1.807, 2.05) is 0 Å². The van der Waals surface area contributed by atoms with Gasteiger partial charge in [0.15, 0.2) is 0 Å². The van der Waals surface area contributed by atoms with Gasteiger partial charge in [-0.15, -0.1) is 0 Å². The molecule has 29 heavy (non-hydrogen) atoms. The number of rotatable bonds is 2. The third-order valence-electron chi connectivity index (χ3n) is 5.67. The number of carbonyl (C=O) groups excluding carboxylic acids is 2. The number of H-pyrrole nitrogens is 1. The van der Waals surface area contributed by atoms with Gasteiger partial charge < -0.3 is 14.8 Å². The van der Waals surface area contributed by atoms with Gasteiger partial charge in [0.05, 0.1) is 16.1 Å². The van der Waals surface area contributed by atoms with E-state index >= 15 is 0 Å². The molecule has 1 N–H and O–H groups in total. The molecule has 2 amide bonds. The van der Waals surface area contributed by atoms with Gasteiger partial charge in [0.2, 0.25) is 5.91 Å². The van der Waals surface area contributed by atoms with Crippen molar-refractivity contribution in [3.8, 4) is 0 Å². The lowest BCUT2D eigenvalue weighted by Crippen LogP contribution is -2.54. The molecule has 6 nitrogen and oxygen atoms in total. The topological polar surface area (TPSA) is 59.7 Å². The Hall–Kier alpha value is -1.90. The average molecular weight is 445 g/mol. The first-order chi connectivity index (χ1) is 13.8. The van der Waals surface area contributed by atoms with Crippen molar-refractivity contribution < 1.29 is 18.4 Å². The Bertz CT molecular complexity index is 975. The van der Waals surface area contributed by atoms with Crippen LogP contribution in [-0.2, 0) is 4.79 Å². The minimum Gasteiger partial charge on any atom is -0.349 e. The molecule has 0 radical (unpaired) electrons. The summed E-state index contributed by atoms with van der Waals surface area (Å²) in [5.74, 6) is -1.05. The molecule has 1 aromatic carbocycles. The number of likely N-dealkylation sites (tertiary alicyclic amines) is 1. The van der Waals surface area contributed by atoms with Gasteiger partial charge in [-0.05, 0) is 19.2 Å². The molecule has 2 saturated heterocycles. The quantitative estimate of drug-likeness (QED) is 0.774. The normalized spacial score (nSPS) is 23.2. The van der Waals surface area contributed by atoms with Crippen molar-refractivity contribution in [2.45, 2.75) is 18.6 Å². The zero-order chi connectivity index (χ0) is 20.9. The predicted octanol–water partition coefficient (Wildman–Crippen LogP) is 2.94. The van der Waals surface area contributed by atoms with Crippen LogP contribution in [0.15, 0.2) is 12.1 Å². The van der Waals surface area contributed by atoms with Gasteiger partial charge in [-0.2, -0.15) is 0 Å². The lowest BCUT2D eigenvalue weighted by molar-refractivity contribution is -0.137. The van der Waals surface area contributed by atoms with Crippen molar-refractivity contribution in [1.82, 2.24) is 19.7 Å². The highest BCUT2D eigenvalue weighted by Crippen LogP contribution is 2.35. The van der Waals surface area contributed by atoms with Crippen LogP contribution in [0.25, 0.3) is 10.9 Å². The van der Waals surface area contributed by atoms with Crippen molar-refractivity contribution in [3.63, 3.8) is 0 Å². The molecule has 4 rings (SSSR count). The number of hydrogen-bond acceptors (Lipinski definition) is 3. The number of amides is 2. The average Bonchev–Trinajstić information content (AvgIpc) is 3.22. The summed E-state index contributed by atoms with van der Waals surface area (Å²) in [5, 5.41) is 0.218. The zero-order valence-electron chi connectivity index (χ0n) is 15.7. The molecule has 0 bridgehead atoms. The Morgan fingerprint density at radius 2 is 1.76 bits per heavy atom. The molecule has 2 atom stereocenters. The number of fused-ring (bicyclic) bond motifs is 1. The van der Waals surface area contributed by atoms with Crippen molar-refractivity contribution in [2.24, 2.45) is 0 Å². The van der Waals surface area contributed by atoms with Crippen LogP contribution in [0.4, 0.5) is 8.78 Å². The van der Waals surface area contributed by atoms with Crippen LogP contribution in [0.3, 0.4) is 0 Å². The van der Waals surface area contributed by atoms with Crippen LogP contribution < -0.4 is 0 Å². The third-order valence-corrected chi connectivity index (χ3v) is 6.42. The summed E-state index contributed by atoms with van der Waals surface area (Å²) < 4.78 is 27.3. The van der Waals surface area contributed by atoms with E-state index in [0.717, 1.165) is 0 Å². The Morgan fingerprint density at radius 3 is 2.38 bits per heavy atom. The Labute approximate surface area is 176 Å². The number of hydrogen-bond donors (Lipinski definition) is 1. The number of nitrogens with one attached hydrogen (secondary N) is 1. The van der Waals surface area contributed by atoms with E-state index in [1.54, 1.807) is 21.7 Å². The van der Waals surface area contributed by atoms with Crippen molar-refractivity contribution in [1.29, 1.82) is 0 Å². The summed E-state index contributed by atoms with van der Waals surface area (Å²) >= 11 is 12.3. The maximum absolute atomic E-state index is 13.7. The molecule has 0 saturated carbocycles. The molecule has 0 spiro atoms. The van der Waals surface area contributed by atoms with Gasteiger partial charge in [0.25, 0.3) is 5.91 Å². The van der Waals surface area contributed by atoms with Gasteiger partial charge >= 0.3 is 0 Å². The van der Waals surface area contributed by atoms with Gasteiger partial charge in [-0.3, -0.25) is 14.5 Å². The molecule has 10 heteroatoms. The van der Waals surface area contributed by atoms with Crippen molar-refractivity contribution in [2.75, 3.05) is 39.8 Å². The van der Waals surface area contributed by atoms with Crippen LogP contribution in [0.5, 0.6) is 0 Å².